The number of hydrogen-bond donors (Lipinski definition) is 9. The summed E-state index contributed by atoms with van der Waals surface area (Å²) in [6.07, 6.45) is -0.110. The van der Waals surface area contributed by atoms with Crippen LogP contribution in [0.15, 0.2) is 24.8 Å². The normalized spacial score (nSPS) is 24.6. The van der Waals surface area contributed by atoms with Gasteiger partial charge in [0.25, 0.3) is 0 Å². The lowest BCUT2D eigenvalue weighted by Crippen LogP contribution is -2.46. The number of nitrogens with zero attached hydrogens (tertiary/aromatic N) is 4. The number of Topliss-reactive ketones (excluding diaryl/α,β-unsaturated/α-hetero) is 1. The molecule has 0 spiro atoms. The van der Waals surface area contributed by atoms with Crippen molar-refractivity contribution < 1.29 is 85.3 Å². The largest absolute Gasteiger partial charge is 0.481 e. The zero-order chi connectivity index (χ0) is 46.0. The molecule has 2 amide bonds. The molecular formula is C33H52N7O18P3S. The molecule has 3 unspecified atom stereocenters. The van der Waals surface area contributed by atoms with Crippen molar-refractivity contribution in [3.63, 3.8) is 0 Å². The van der Waals surface area contributed by atoms with Crippen LogP contribution in [0.25, 0.3) is 11.2 Å². The summed E-state index contributed by atoms with van der Waals surface area (Å²) in [5, 5.41) is 26.4. The van der Waals surface area contributed by atoms with Crippen LogP contribution in [0.4, 0.5) is 5.82 Å². The molecule has 10 N–H and O–H groups in total. The molecule has 348 valence electrons. The van der Waals surface area contributed by atoms with E-state index in [0.29, 0.717) is 25.0 Å². The minimum atomic E-state index is -5.59. The first-order chi connectivity index (χ1) is 28.9. The van der Waals surface area contributed by atoms with E-state index in [2.05, 4.69) is 34.4 Å². The standard InChI is InChI=1S/C33H52N7O18P3S/c1-4-5-6-7-20-19(8-9-21(20)41)14-24(43)62-13-12-35-23(42)10-11-36-31(46)28(45)33(2,3)16-55-61(52,53)58-60(50,51)54-15-22-27(57-59(47,48)49)26(44)32(56-22)40-18-39-25-29(34)37-17-38-30(25)40/h5-6,17-20,22,26-28,32,44-45H,4,7-16H2,1-3H3,(H,35,42)(H,36,46)(H,50,51)(H,52,53)(H2,34,37,38)(H2,47,48,49)/b6-5-/t19-,20+,22-,26-,27-,28?,32-/m1/s1. The molecule has 0 bridgehead atoms. The molecule has 1 aliphatic carbocycles. The van der Waals surface area contributed by atoms with Gasteiger partial charge in [0.2, 0.25) is 11.8 Å². The highest BCUT2D eigenvalue weighted by Crippen LogP contribution is 2.61. The number of nitrogens with one attached hydrogen (secondary N) is 2. The molecule has 2 aromatic rings. The molecule has 9 atom stereocenters. The van der Waals surface area contributed by atoms with Gasteiger partial charge in [-0.25, -0.2) is 28.6 Å². The number of rotatable bonds is 24. The van der Waals surface area contributed by atoms with Crippen LogP contribution in [-0.4, -0.2) is 128 Å². The fraction of sp³-hybridized carbons (Fsp3) is 0.667. The van der Waals surface area contributed by atoms with E-state index < -0.39 is 84.6 Å². The van der Waals surface area contributed by atoms with Crippen LogP contribution in [0, 0.1) is 17.3 Å². The number of fused-ring (bicyclic) bond motifs is 1. The number of aliphatic hydroxyl groups excluding tert-OH is 2. The first-order valence-corrected chi connectivity index (χ1v) is 24.7. The molecule has 25 nitrogen and oxygen atoms in total. The van der Waals surface area contributed by atoms with Crippen LogP contribution in [0.1, 0.15) is 65.5 Å². The third-order valence-electron chi connectivity index (χ3n) is 9.73. The second kappa shape index (κ2) is 22.2. The Morgan fingerprint density at radius 3 is 2.48 bits per heavy atom. The lowest BCUT2D eigenvalue weighted by atomic mass is 9.87. The fourth-order valence-corrected chi connectivity index (χ4v) is 10.1. The van der Waals surface area contributed by atoms with Gasteiger partial charge in [0.15, 0.2) is 22.8 Å². The maximum Gasteiger partial charge on any atom is 0.481 e. The number of ketones is 1. The molecule has 0 radical (unpaired) electrons. The molecule has 62 heavy (non-hydrogen) atoms. The Morgan fingerprint density at radius 2 is 1.79 bits per heavy atom. The van der Waals surface area contributed by atoms with Gasteiger partial charge in [0.1, 0.15) is 42.0 Å². The molecule has 2 fully saturated rings. The Bertz CT molecular complexity index is 2090. The third-order valence-corrected chi connectivity index (χ3v) is 13.7. The fourth-order valence-electron chi connectivity index (χ4n) is 6.52. The van der Waals surface area contributed by atoms with Gasteiger partial charge in [-0.05, 0) is 25.2 Å². The van der Waals surface area contributed by atoms with Gasteiger partial charge < -0.3 is 50.9 Å². The summed E-state index contributed by atoms with van der Waals surface area (Å²) in [7, 11) is -16.4. The number of carbonyl (C=O) groups is 4. The van der Waals surface area contributed by atoms with Gasteiger partial charge >= 0.3 is 23.5 Å². The number of phosphoric ester groups is 3. The molecule has 29 heteroatoms. The first kappa shape index (κ1) is 51.6. The number of nitrogens with two attached hydrogens (primary N) is 1. The Balaban J connectivity index is 1.18. The predicted octanol–water partition coefficient (Wildman–Crippen LogP) is 1.01. The summed E-state index contributed by atoms with van der Waals surface area (Å²) in [5.74, 6) is -1.18. The van der Waals surface area contributed by atoms with Crippen LogP contribution in [0.5, 0.6) is 0 Å². The Hall–Kier alpha value is -3.03. The molecular weight excluding hydrogens is 907 g/mol. The number of amides is 2. The topological polar surface area (TPSA) is 381 Å². The molecule has 2 aliphatic rings. The molecule has 1 aliphatic heterocycles. The van der Waals surface area contributed by atoms with Crippen molar-refractivity contribution in [1.29, 1.82) is 0 Å². The van der Waals surface area contributed by atoms with Crippen molar-refractivity contribution >= 4 is 74.9 Å². The predicted molar refractivity (Wildman–Crippen MR) is 217 cm³/mol. The van der Waals surface area contributed by atoms with Crippen molar-refractivity contribution in [3.05, 3.63) is 24.8 Å². The number of imidazole rings is 1. The monoisotopic (exact) mass is 959 g/mol. The smallest absolute Gasteiger partial charge is 0.386 e. The van der Waals surface area contributed by atoms with Crippen molar-refractivity contribution in [2.24, 2.45) is 17.3 Å². The van der Waals surface area contributed by atoms with Gasteiger partial charge in [-0.15, -0.1) is 0 Å². The van der Waals surface area contributed by atoms with Gasteiger partial charge in [0, 0.05) is 49.4 Å². The number of ether oxygens (including phenoxy) is 1. The zero-order valence-corrected chi connectivity index (χ0v) is 37.3. The van der Waals surface area contributed by atoms with Crippen LogP contribution < -0.4 is 16.4 Å². The van der Waals surface area contributed by atoms with Crippen molar-refractivity contribution in [2.75, 3.05) is 37.8 Å². The van der Waals surface area contributed by atoms with Crippen LogP contribution in [0.3, 0.4) is 0 Å². The van der Waals surface area contributed by atoms with Crippen molar-refractivity contribution in [1.82, 2.24) is 30.2 Å². The minimum Gasteiger partial charge on any atom is -0.386 e. The number of aliphatic hydroxyl groups is 2. The minimum absolute atomic E-state index is 0.00285. The summed E-state index contributed by atoms with van der Waals surface area (Å²) in [6, 6.07) is 0. The summed E-state index contributed by atoms with van der Waals surface area (Å²) >= 11 is 1.06. The number of thioether (sulfide) groups is 1. The first-order valence-electron chi connectivity index (χ1n) is 19.2. The number of nitrogen functional groups attached to an aromatic ring is 1. The Labute approximate surface area is 359 Å². The Kier molecular flexibility index (Phi) is 18.5. The molecule has 3 heterocycles. The average Bonchev–Trinajstić information content (AvgIpc) is 3.85. The van der Waals surface area contributed by atoms with E-state index in [9.17, 15) is 62.7 Å². The second-order valence-corrected chi connectivity index (χ2v) is 20.4. The van der Waals surface area contributed by atoms with Gasteiger partial charge in [0.05, 0.1) is 19.5 Å². The highest BCUT2D eigenvalue weighted by molar-refractivity contribution is 8.13. The molecule has 2 aromatic heterocycles. The maximum absolute atomic E-state index is 12.7. The number of aromatic nitrogens is 4. The molecule has 4 rings (SSSR count). The zero-order valence-electron chi connectivity index (χ0n) is 33.8. The highest BCUT2D eigenvalue weighted by Gasteiger charge is 2.50. The molecule has 1 saturated carbocycles. The number of allylic oxidation sites excluding steroid dienone is 2. The van der Waals surface area contributed by atoms with Crippen LogP contribution >= 0.6 is 35.2 Å². The second-order valence-electron chi connectivity index (χ2n) is 15.0. The van der Waals surface area contributed by atoms with Crippen molar-refractivity contribution in [3.8, 4) is 0 Å². The van der Waals surface area contributed by atoms with Crippen molar-refractivity contribution in [2.45, 2.75) is 89.9 Å². The maximum atomic E-state index is 12.7. The van der Waals surface area contributed by atoms with E-state index in [1.807, 2.05) is 19.1 Å². The van der Waals surface area contributed by atoms with Gasteiger partial charge in [-0.3, -0.25) is 37.3 Å². The number of phosphoric acid groups is 3. The van der Waals surface area contributed by atoms with Gasteiger partial charge in [-0.2, -0.15) is 4.31 Å². The third kappa shape index (κ3) is 15.0. The highest BCUT2D eigenvalue weighted by atomic mass is 32.2. The average molecular weight is 960 g/mol. The van der Waals surface area contributed by atoms with E-state index in [-0.39, 0.29) is 65.6 Å². The van der Waals surface area contributed by atoms with Crippen LogP contribution in [0.2, 0.25) is 0 Å². The Morgan fingerprint density at radius 1 is 1.08 bits per heavy atom. The summed E-state index contributed by atoms with van der Waals surface area (Å²) in [5.41, 5.74) is 4.24. The number of hydrogen-bond acceptors (Lipinski definition) is 19. The lowest BCUT2D eigenvalue weighted by molar-refractivity contribution is -0.137. The molecule has 1 saturated heterocycles. The quantitative estimate of drug-likeness (QED) is 0.0402. The summed E-state index contributed by atoms with van der Waals surface area (Å²) in [6.45, 7) is 2.40. The lowest BCUT2D eigenvalue weighted by Gasteiger charge is -2.30. The number of anilines is 1. The summed E-state index contributed by atoms with van der Waals surface area (Å²) < 4.78 is 62.3. The van der Waals surface area contributed by atoms with Crippen LogP contribution in [-0.2, 0) is 55.5 Å². The van der Waals surface area contributed by atoms with E-state index in [4.69, 9.17) is 19.5 Å². The van der Waals surface area contributed by atoms with E-state index in [1.165, 1.54) is 13.8 Å². The summed E-state index contributed by atoms with van der Waals surface area (Å²) in [4.78, 5) is 101. The van der Waals surface area contributed by atoms with Gasteiger partial charge in [-0.1, -0.05) is 44.7 Å². The SMILES string of the molecule is CC/C=C\C[C@@H]1C(=O)CC[C@@H]1CC(=O)SCCNC(=O)CCNC(=O)C(O)C(C)(C)COP(=O)(O)OP(=O)(O)OC[C@H]1O[C@@H](n2cnc3c(N)ncnc32)[C@H](O)[C@@H]1OP(=O)(O)O. The van der Waals surface area contributed by atoms with E-state index >= 15 is 0 Å². The van der Waals surface area contributed by atoms with E-state index in [1.54, 1.807) is 0 Å². The van der Waals surface area contributed by atoms with E-state index in [0.717, 1.165) is 35.4 Å². The molecule has 0 aromatic carbocycles. The number of carbonyl (C=O) groups excluding carboxylic acids is 4.